The quantitative estimate of drug-likeness (QED) is 0.238. The topological polar surface area (TPSA) is 35.5 Å². The Morgan fingerprint density at radius 2 is 1.62 bits per heavy atom. The van der Waals surface area contributed by atoms with Crippen LogP contribution in [0.2, 0.25) is 13.3 Å². The Bertz CT molecular complexity index is 594. The van der Waals surface area contributed by atoms with E-state index in [9.17, 15) is 4.79 Å². The Labute approximate surface area is 182 Å². The molecule has 164 valence electrons. The van der Waals surface area contributed by atoms with Crippen molar-refractivity contribution in [1.29, 1.82) is 0 Å². The van der Waals surface area contributed by atoms with Gasteiger partial charge >= 0.3 is 183 Å². The second-order valence-electron chi connectivity index (χ2n) is 8.79. The van der Waals surface area contributed by atoms with Crippen LogP contribution in [-0.4, -0.2) is 37.1 Å². The second kappa shape index (κ2) is 13.0. The van der Waals surface area contributed by atoms with Crippen LogP contribution in [0.1, 0.15) is 90.7 Å². The van der Waals surface area contributed by atoms with Crippen molar-refractivity contribution in [1.82, 2.24) is 0 Å². The van der Waals surface area contributed by atoms with E-state index in [-0.39, 0.29) is 18.2 Å². The summed E-state index contributed by atoms with van der Waals surface area (Å²) in [5, 5.41) is 0. The molecule has 1 aliphatic rings. The first-order valence-corrected chi connectivity index (χ1v) is 19.4. The molecule has 1 aliphatic heterocycles. The van der Waals surface area contributed by atoms with Crippen LogP contribution < -0.4 is 3.58 Å². The maximum atomic E-state index is 11.5. The van der Waals surface area contributed by atoms with Gasteiger partial charge < -0.3 is 0 Å². The fourth-order valence-corrected chi connectivity index (χ4v) is 21.9. The molecule has 0 bridgehead atoms. The van der Waals surface area contributed by atoms with E-state index in [4.69, 9.17) is 9.47 Å². The predicted octanol–water partition coefficient (Wildman–Crippen LogP) is 6.53. The van der Waals surface area contributed by atoms with Crippen LogP contribution in [0.3, 0.4) is 0 Å². The number of hydrogen-bond acceptors (Lipinski definition) is 3. The molecule has 0 amide bonds. The molecular weight excluding hydrogens is 467 g/mol. The van der Waals surface area contributed by atoms with Gasteiger partial charge in [0.15, 0.2) is 0 Å². The summed E-state index contributed by atoms with van der Waals surface area (Å²) in [5.74, 6) is -0.175. The molecular formula is C25H42O3Sn. The molecule has 29 heavy (non-hydrogen) atoms. The van der Waals surface area contributed by atoms with Crippen molar-refractivity contribution < 1.29 is 14.3 Å². The zero-order chi connectivity index (χ0) is 21.1. The van der Waals surface area contributed by atoms with Gasteiger partial charge in [-0.3, -0.25) is 0 Å². The van der Waals surface area contributed by atoms with E-state index in [0.717, 1.165) is 12.8 Å². The number of esters is 1. The molecule has 1 heterocycles. The molecule has 0 aliphatic carbocycles. The Morgan fingerprint density at radius 3 is 2.17 bits per heavy atom. The molecule has 1 saturated heterocycles. The van der Waals surface area contributed by atoms with E-state index in [1.165, 1.54) is 64.3 Å². The van der Waals surface area contributed by atoms with Crippen molar-refractivity contribution in [2.75, 3.05) is 6.61 Å². The minimum absolute atomic E-state index is 0.00849. The summed E-state index contributed by atoms with van der Waals surface area (Å²) in [6.07, 6.45) is 9.62. The molecule has 0 aromatic heterocycles. The average Bonchev–Trinajstić information content (AvgIpc) is 2.73. The average molecular weight is 509 g/mol. The van der Waals surface area contributed by atoms with E-state index in [1.54, 1.807) is 3.58 Å². The normalized spacial score (nSPS) is 19.9. The van der Waals surface area contributed by atoms with Gasteiger partial charge in [0.2, 0.25) is 0 Å². The molecule has 3 nitrogen and oxygen atoms in total. The number of benzene rings is 1. The Balaban J connectivity index is 2.38. The standard InChI is InChI=1S/C13H15O3.3C4H9.Sn/c1-10(14)16-12-7-8-15-13(9-12)11-5-3-2-4-6-11;3*1-3-4-2;/h2-5,12-13H,7-9H2,1H3;3*1,3-4H2,2H3;. The van der Waals surface area contributed by atoms with Crippen LogP contribution in [0.15, 0.2) is 24.3 Å². The zero-order valence-corrected chi connectivity index (χ0v) is 22.0. The van der Waals surface area contributed by atoms with E-state index < -0.39 is 18.4 Å². The number of rotatable bonds is 12. The molecule has 4 heteroatoms. The summed E-state index contributed by atoms with van der Waals surface area (Å²) in [4.78, 5) is 11.5. The fraction of sp³-hybridized carbons (Fsp3) is 0.720. The molecule has 1 aromatic carbocycles. The summed E-state index contributed by atoms with van der Waals surface area (Å²) >= 11 is -2.55. The number of carbonyl (C=O) groups is 1. The zero-order valence-electron chi connectivity index (χ0n) is 19.2. The fourth-order valence-electron chi connectivity index (χ4n) is 4.91. The van der Waals surface area contributed by atoms with Crippen molar-refractivity contribution in [3.05, 3.63) is 29.8 Å². The van der Waals surface area contributed by atoms with Crippen LogP contribution in [0.4, 0.5) is 0 Å². The van der Waals surface area contributed by atoms with Gasteiger partial charge in [0, 0.05) is 0 Å². The number of carbonyl (C=O) groups excluding carboxylic acids is 1. The van der Waals surface area contributed by atoms with Crippen molar-refractivity contribution in [2.45, 2.75) is 105 Å². The summed E-state index contributed by atoms with van der Waals surface area (Å²) in [7, 11) is 0. The number of ether oxygens (including phenoxy) is 2. The van der Waals surface area contributed by atoms with Crippen LogP contribution in [0.25, 0.3) is 0 Å². The van der Waals surface area contributed by atoms with E-state index >= 15 is 0 Å². The molecule has 1 aromatic rings. The van der Waals surface area contributed by atoms with E-state index in [2.05, 4.69) is 45.0 Å². The molecule has 1 fully saturated rings. The van der Waals surface area contributed by atoms with Gasteiger partial charge in [0.1, 0.15) is 0 Å². The Hall–Kier alpha value is -0.551. The van der Waals surface area contributed by atoms with Gasteiger partial charge in [-0.2, -0.15) is 0 Å². The summed E-state index contributed by atoms with van der Waals surface area (Å²) < 4.78 is 17.9. The van der Waals surface area contributed by atoms with E-state index in [0.29, 0.717) is 6.61 Å². The minimum atomic E-state index is -2.55. The molecule has 0 saturated carbocycles. The molecule has 2 atom stereocenters. The first-order valence-electron chi connectivity index (χ1n) is 11.9. The monoisotopic (exact) mass is 510 g/mol. The number of unbranched alkanes of at least 4 members (excludes halogenated alkanes) is 3. The third kappa shape index (κ3) is 7.27. The number of hydrogen-bond donors (Lipinski definition) is 0. The van der Waals surface area contributed by atoms with Crippen molar-refractivity contribution in [3.63, 3.8) is 0 Å². The molecule has 0 N–H and O–H groups in total. The molecule has 0 radical (unpaired) electrons. The summed E-state index contributed by atoms with van der Waals surface area (Å²) in [6.45, 7) is 9.18. The first-order chi connectivity index (χ1) is 14.1. The summed E-state index contributed by atoms with van der Waals surface area (Å²) in [6, 6.07) is 9.19. The van der Waals surface area contributed by atoms with Gasteiger partial charge in [0.05, 0.1) is 0 Å². The Kier molecular flexibility index (Phi) is 11.1. The molecule has 2 unspecified atom stereocenters. The van der Waals surface area contributed by atoms with Gasteiger partial charge in [0.25, 0.3) is 0 Å². The van der Waals surface area contributed by atoms with Crippen molar-refractivity contribution >= 4 is 27.9 Å². The SMILES string of the molecule is CCC[CH2][Sn]([CH2]CCC)([CH2]CCC)[c]1ccccc1C1CC(OC(C)=O)CCO1. The van der Waals surface area contributed by atoms with Crippen LogP contribution in [0.5, 0.6) is 0 Å². The van der Waals surface area contributed by atoms with Gasteiger partial charge in [-0.1, -0.05) is 0 Å². The van der Waals surface area contributed by atoms with Crippen LogP contribution in [-0.2, 0) is 14.3 Å². The van der Waals surface area contributed by atoms with E-state index in [1.807, 2.05) is 0 Å². The predicted molar refractivity (Wildman–Crippen MR) is 124 cm³/mol. The third-order valence-corrected chi connectivity index (χ3v) is 22.3. The molecule has 0 spiro atoms. The third-order valence-electron chi connectivity index (χ3n) is 6.47. The second-order valence-corrected chi connectivity index (χ2v) is 21.9. The Morgan fingerprint density at radius 1 is 1.03 bits per heavy atom. The van der Waals surface area contributed by atoms with Gasteiger partial charge in [-0.15, -0.1) is 0 Å². The molecule has 2 rings (SSSR count). The van der Waals surface area contributed by atoms with Gasteiger partial charge in [-0.25, -0.2) is 0 Å². The maximum absolute atomic E-state index is 11.5. The van der Waals surface area contributed by atoms with Crippen molar-refractivity contribution in [2.24, 2.45) is 0 Å². The van der Waals surface area contributed by atoms with Gasteiger partial charge in [-0.05, 0) is 0 Å². The van der Waals surface area contributed by atoms with Crippen molar-refractivity contribution in [3.8, 4) is 0 Å². The first kappa shape index (κ1) is 24.7. The van der Waals surface area contributed by atoms with Crippen LogP contribution in [0, 0.1) is 0 Å². The van der Waals surface area contributed by atoms with Crippen LogP contribution >= 0.6 is 0 Å². The summed E-state index contributed by atoms with van der Waals surface area (Å²) in [5.41, 5.74) is 1.42.